The Morgan fingerprint density at radius 2 is 1.96 bits per heavy atom. The molecule has 2 aromatic carbocycles. The molecule has 0 unspecified atom stereocenters. The second-order valence-electron chi connectivity index (χ2n) is 6.91. The van der Waals surface area contributed by atoms with Crippen molar-refractivity contribution in [3.63, 3.8) is 0 Å². The molecule has 1 fully saturated rings. The second kappa shape index (κ2) is 7.33. The highest BCUT2D eigenvalue weighted by Crippen LogP contribution is 2.39. The summed E-state index contributed by atoms with van der Waals surface area (Å²) in [7, 11) is 0. The molecule has 2 aliphatic rings. The Morgan fingerprint density at radius 1 is 1.18 bits per heavy atom. The zero-order chi connectivity index (χ0) is 19.9. The molecule has 0 saturated carbocycles. The van der Waals surface area contributed by atoms with Crippen LogP contribution in [0.2, 0.25) is 0 Å². The van der Waals surface area contributed by atoms with Crippen molar-refractivity contribution in [1.82, 2.24) is 10.2 Å². The summed E-state index contributed by atoms with van der Waals surface area (Å²) in [5.74, 6) is -0.803. The van der Waals surface area contributed by atoms with Crippen LogP contribution in [-0.2, 0) is 21.5 Å². The first-order valence-corrected chi connectivity index (χ1v) is 10.5. The monoisotopic (exact) mass is 505 g/mol. The molecule has 1 atom stereocenters. The van der Waals surface area contributed by atoms with Crippen LogP contribution in [0.15, 0.2) is 51.4 Å². The van der Waals surface area contributed by atoms with E-state index >= 15 is 0 Å². The van der Waals surface area contributed by atoms with Crippen molar-refractivity contribution in [3.8, 4) is 0 Å². The molecule has 0 aromatic heterocycles. The van der Waals surface area contributed by atoms with Crippen LogP contribution >= 0.6 is 31.9 Å². The minimum atomic E-state index is -1.07. The molecule has 1 heterocycles. The lowest BCUT2D eigenvalue weighted by molar-refractivity contribution is -0.134. The molecule has 8 heteroatoms. The third-order valence-corrected chi connectivity index (χ3v) is 6.31. The highest BCUT2D eigenvalue weighted by molar-refractivity contribution is 9.11. The molecule has 2 N–H and O–H groups in total. The maximum Gasteiger partial charge on any atom is 0.325 e. The number of urea groups is 1. The van der Waals surface area contributed by atoms with E-state index in [-0.39, 0.29) is 12.5 Å². The van der Waals surface area contributed by atoms with Gasteiger partial charge < -0.3 is 10.6 Å². The van der Waals surface area contributed by atoms with Crippen molar-refractivity contribution in [2.75, 3.05) is 11.9 Å². The zero-order valence-electron chi connectivity index (χ0n) is 14.8. The lowest BCUT2D eigenvalue weighted by Crippen LogP contribution is -2.47. The van der Waals surface area contributed by atoms with Crippen LogP contribution in [0.5, 0.6) is 0 Å². The Bertz CT molecular complexity index is 994. The van der Waals surface area contributed by atoms with Gasteiger partial charge in [0.05, 0.1) is 5.69 Å². The first-order chi connectivity index (χ1) is 13.4. The maximum atomic E-state index is 13.2. The van der Waals surface area contributed by atoms with Crippen LogP contribution < -0.4 is 10.6 Å². The van der Waals surface area contributed by atoms with Crippen molar-refractivity contribution >= 4 is 55.4 Å². The predicted octanol–water partition coefficient (Wildman–Crippen LogP) is 3.93. The second-order valence-corrected chi connectivity index (χ2v) is 8.68. The van der Waals surface area contributed by atoms with E-state index in [9.17, 15) is 14.4 Å². The summed E-state index contributed by atoms with van der Waals surface area (Å²) in [6.07, 6.45) is 2.21. The van der Waals surface area contributed by atoms with Gasteiger partial charge in [-0.3, -0.25) is 14.5 Å². The first-order valence-electron chi connectivity index (χ1n) is 8.88. The molecule has 0 radical (unpaired) electrons. The maximum absolute atomic E-state index is 13.2. The number of carbonyl (C=O) groups is 3. The molecule has 1 aliphatic heterocycles. The Kier molecular flexibility index (Phi) is 5.01. The number of anilines is 1. The number of rotatable bonds is 3. The first kappa shape index (κ1) is 19.1. The van der Waals surface area contributed by atoms with Gasteiger partial charge in [-0.15, -0.1) is 0 Å². The Morgan fingerprint density at radius 3 is 2.75 bits per heavy atom. The van der Waals surface area contributed by atoms with Crippen molar-refractivity contribution in [3.05, 3.63) is 62.5 Å². The molecule has 4 rings (SSSR count). The molecule has 1 saturated heterocycles. The fraction of sp³-hybridized carbons (Fsp3) is 0.250. The van der Waals surface area contributed by atoms with E-state index in [1.54, 1.807) is 18.2 Å². The molecule has 0 bridgehead atoms. The van der Waals surface area contributed by atoms with E-state index in [2.05, 4.69) is 42.5 Å². The number of hydrogen-bond acceptors (Lipinski definition) is 3. The average Bonchev–Trinajstić information content (AvgIpc) is 2.89. The number of carbonyl (C=O) groups excluding carboxylic acids is 3. The number of nitrogens with zero attached hydrogens (tertiary/aromatic N) is 1. The van der Waals surface area contributed by atoms with E-state index in [1.807, 2.05) is 24.3 Å². The van der Waals surface area contributed by atoms with Crippen LogP contribution in [0, 0.1) is 0 Å². The molecule has 1 aliphatic carbocycles. The van der Waals surface area contributed by atoms with Crippen LogP contribution in [0.4, 0.5) is 10.5 Å². The largest absolute Gasteiger partial charge is 0.325 e. The summed E-state index contributed by atoms with van der Waals surface area (Å²) in [5, 5.41) is 5.59. The Hall–Kier alpha value is -2.19. The van der Waals surface area contributed by atoms with Gasteiger partial charge in [0.15, 0.2) is 0 Å². The summed E-state index contributed by atoms with van der Waals surface area (Å²) < 4.78 is 1.56. The number of imide groups is 1. The van der Waals surface area contributed by atoms with E-state index in [0.717, 1.165) is 33.3 Å². The van der Waals surface area contributed by atoms with Crippen molar-refractivity contribution < 1.29 is 14.4 Å². The Labute approximate surface area is 178 Å². The van der Waals surface area contributed by atoms with Gasteiger partial charge in [0.1, 0.15) is 12.1 Å². The fourth-order valence-electron chi connectivity index (χ4n) is 3.88. The lowest BCUT2D eigenvalue weighted by atomic mass is 9.76. The normalized spacial score (nSPS) is 20.9. The van der Waals surface area contributed by atoms with Crippen molar-refractivity contribution in [2.45, 2.75) is 24.8 Å². The van der Waals surface area contributed by atoms with Gasteiger partial charge in [-0.1, -0.05) is 40.2 Å². The summed E-state index contributed by atoms with van der Waals surface area (Å²) in [4.78, 5) is 39.3. The van der Waals surface area contributed by atoms with Gasteiger partial charge in [-0.2, -0.15) is 0 Å². The number of fused-ring (bicyclic) bond motifs is 2. The lowest BCUT2D eigenvalue weighted by Gasteiger charge is -2.33. The topological polar surface area (TPSA) is 78.5 Å². The van der Waals surface area contributed by atoms with Crippen LogP contribution in [-0.4, -0.2) is 29.3 Å². The predicted molar refractivity (Wildman–Crippen MR) is 112 cm³/mol. The smallest absolute Gasteiger partial charge is 0.323 e. The van der Waals surface area contributed by atoms with Crippen LogP contribution in [0.25, 0.3) is 0 Å². The molecule has 6 nitrogen and oxygen atoms in total. The third kappa shape index (κ3) is 3.24. The number of halogens is 2. The van der Waals surface area contributed by atoms with Crippen molar-refractivity contribution in [2.24, 2.45) is 0 Å². The number of nitrogens with one attached hydrogen (secondary N) is 2. The van der Waals surface area contributed by atoms with E-state index < -0.39 is 17.5 Å². The summed E-state index contributed by atoms with van der Waals surface area (Å²) in [6, 6.07) is 12.5. The van der Waals surface area contributed by atoms with Crippen molar-refractivity contribution in [1.29, 1.82) is 0 Å². The number of aryl methyl sites for hydroxylation is 1. The molecule has 1 spiro atoms. The minimum absolute atomic E-state index is 0.336. The SMILES string of the molecule is O=C(CN1C(=O)N[C@@]2(CCCc3ccccc32)C1=O)Nc1ccc(Br)cc1Br. The molecule has 28 heavy (non-hydrogen) atoms. The van der Waals surface area contributed by atoms with E-state index in [4.69, 9.17) is 0 Å². The molecule has 2 aromatic rings. The van der Waals surface area contributed by atoms with Crippen LogP contribution in [0.1, 0.15) is 24.0 Å². The number of hydrogen-bond donors (Lipinski definition) is 2. The third-order valence-electron chi connectivity index (χ3n) is 5.16. The quantitative estimate of drug-likeness (QED) is 0.619. The summed E-state index contributed by atoms with van der Waals surface area (Å²) in [5.41, 5.74) is 1.40. The Balaban J connectivity index is 1.55. The molecule has 4 amide bonds. The summed E-state index contributed by atoms with van der Waals surface area (Å²) >= 11 is 6.74. The van der Waals surface area contributed by atoms with Gasteiger partial charge in [0, 0.05) is 8.95 Å². The minimum Gasteiger partial charge on any atom is -0.323 e. The van der Waals surface area contributed by atoms with Gasteiger partial charge in [-0.25, -0.2) is 4.79 Å². The van der Waals surface area contributed by atoms with E-state index in [0.29, 0.717) is 16.6 Å². The fourth-order valence-corrected chi connectivity index (χ4v) is 5.03. The molecular weight excluding hydrogens is 490 g/mol. The highest BCUT2D eigenvalue weighted by atomic mass is 79.9. The number of benzene rings is 2. The molecule has 144 valence electrons. The molecular formula is C20H17Br2N3O3. The van der Waals surface area contributed by atoms with Gasteiger partial charge in [-0.05, 0) is 64.5 Å². The average molecular weight is 507 g/mol. The number of amides is 4. The standard InChI is InChI=1S/C20H17Br2N3O3/c21-13-7-8-16(15(22)10-13)23-17(26)11-25-18(27)20(24-19(25)28)9-3-5-12-4-1-2-6-14(12)20/h1-2,4,6-8,10H,3,5,9,11H2,(H,23,26)(H,24,28)/t20-/m1/s1. The van der Waals surface area contributed by atoms with Gasteiger partial charge in [0.25, 0.3) is 5.91 Å². The van der Waals surface area contributed by atoms with Gasteiger partial charge >= 0.3 is 6.03 Å². The zero-order valence-corrected chi connectivity index (χ0v) is 18.0. The van der Waals surface area contributed by atoms with Crippen LogP contribution in [0.3, 0.4) is 0 Å². The summed E-state index contributed by atoms with van der Waals surface area (Å²) in [6.45, 7) is -0.336. The highest BCUT2D eigenvalue weighted by Gasteiger charge is 2.54. The van der Waals surface area contributed by atoms with Gasteiger partial charge in [0.2, 0.25) is 5.91 Å². The van der Waals surface area contributed by atoms with E-state index in [1.165, 1.54) is 0 Å².